The van der Waals surface area contributed by atoms with E-state index in [0.717, 1.165) is 13.0 Å². The summed E-state index contributed by atoms with van der Waals surface area (Å²) in [5, 5.41) is 0. The third-order valence-corrected chi connectivity index (χ3v) is 3.91. The van der Waals surface area contributed by atoms with Crippen LogP contribution in [0.25, 0.3) is 5.73 Å². The Morgan fingerprint density at radius 3 is 2.19 bits per heavy atom. The van der Waals surface area contributed by atoms with Crippen LogP contribution >= 0.6 is 0 Å². The topological polar surface area (TPSA) is 27.0 Å². The standard InChI is InChI=1S/C12H22FN2.Y/c13-11-9-15(8-7-12(11)14)10-5-3-1-2-4-6-10;/h10-12,14H,1-9H2;/q-1;. The molecule has 1 N–H and O–H groups in total. The predicted octanol–water partition coefficient (Wildman–Crippen LogP) is 3.17. The Kier molecular flexibility index (Phi) is 6.95. The van der Waals surface area contributed by atoms with Crippen LogP contribution in [0.1, 0.15) is 44.9 Å². The summed E-state index contributed by atoms with van der Waals surface area (Å²) in [6, 6.07) is 0.144. The van der Waals surface area contributed by atoms with Gasteiger partial charge in [0.05, 0.1) is 6.17 Å². The molecule has 2 atom stereocenters. The minimum absolute atomic E-state index is 0. The Bertz CT molecular complexity index is 195. The quantitative estimate of drug-likeness (QED) is 0.684. The summed E-state index contributed by atoms with van der Waals surface area (Å²) in [6.07, 6.45) is 7.62. The molecule has 0 amide bonds. The molecular formula is C12H22FN2Y-. The molecule has 2 unspecified atom stereocenters. The molecule has 2 fully saturated rings. The molecule has 0 aromatic rings. The molecule has 0 spiro atoms. The van der Waals surface area contributed by atoms with E-state index < -0.39 is 12.2 Å². The second-order valence-electron chi connectivity index (χ2n) is 5.05. The van der Waals surface area contributed by atoms with Crippen LogP contribution in [0.2, 0.25) is 0 Å². The van der Waals surface area contributed by atoms with Crippen LogP contribution in [0.3, 0.4) is 0 Å². The molecule has 1 saturated heterocycles. The number of nitrogens with zero attached hydrogens (tertiary/aromatic N) is 1. The fraction of sp³-hybridized carbons (Fsp3) is 1.00. The van der Waals surface area contributed by atoms with Crippen LogP contribution in [0, 0.1) is 0 Å². The van der Waals surface area contributed by atoms with Gasteiger partial charge in [-0.25, -0.2) is 4.39 Å². The first-order chi connectivity index (χ1) is 7.27. The van der Waals surface area contributed by atoms with Gasteiger partial charge in [0.25, 0.3) is 0 Å². The zero-order valence-corrected chi connectivity index (χ0v) is 12.8. The molecule has 1 radical (unpaired) electrons. The van der Waals surface area contributed by atoms with E-state index in [1.54, 1.807) is 0 Å². The average Bonchev–Trinajstić information content (AvgIpc) is 2.50. The van der Waals surface area contributed by atoms with E-state index in [-0.39, 0.29) is 32.7 Å². The average molecular weight is 302 g/mol. The molecule has 1 aliphatic heterocycles. The van der Waals surface area contributed by atoms with Gasteiger partial charge in [-0.15, -0.1) is 6.04 Å². The first-order valence-electron chi connectivity index (χ1n) is 6.36. The smallest absolute Gasteiger partial charge is 0.0968 e. The first kappa shape index (κ1) is 15.0. The maximum Gasteiger partial charge on any atom is 0.0968 e. The molecule has 0 aromatic carbocycles. The molecule has 1 aliphatic carbocycles. The normalized spacial score (nSPS) is 34.1. The fourth-order valence-electron chi connectivity index (χ4n) is 2.88. The van der Waals surface area contributed by atoms with Gasteiger partial charge in [0.15, 0.2) is 0 Å². The van der Waals surface area contributed by atoms with Crippen molar-refractivity contribution in [2.75, 3.05) is 13.1 Å². The van der Waals surface area contributed by atoms with Gasteiger partial charge < -0.3 is 5.73 Å². The third-order valence-electron chi connectivity index (χ3n) is 3.91. The summed E-state index contributed by atoms with van der Waals surface area (Å²) < 4.78 is 13.5. The Morgan fingerprint density at radius 1 is 1.00 bits per heavy atom. The number of alkyl halides is 1. The van der Waals surface area contributed by atoms with Crippen molar-refractivity contribution in [3.05, 3.63) is 5.73 Å². The summed E-state index contributed by atoms with van der Waals surface area (Å²) in [5.74, 6) is 0. The van der Waals surface area contributed by atoms with Gasteiger partial charge in [0.1, 0.15) is 0 Å². The zero-order chi connectivity index (χ0) is 10.7. The summed E-state index contributed by atoms with van der Waals surface area (Å²) in [5.41, 5.74) is 7.52. The summed E-state index contributed by atoms with van der Waals surface area (Å²) in [7, 11) is 0. The van der Waals surface area contributed by atoms with Gasteiger partial charge in [-0.3, -0.25) is 4.90 Å². The second-order valence-corrected chi connectivity index (χ2v) is 5.05. The summed E-state index contributed by atoms with van der Waals surface area (Å²) in [4.78, 5) is 2.31. The number of halogens is 1. The first-order valence-corrected chi connectivity index (χ1v) is 6.36. The SMILES string of the molecule is [NH-]C1CCN(C2CCCCCC2)CC1F.[Y]. The van der Waals surface area contributed by atoms with Gasteiger partial charge in [-0.05, 0) is 19.4 Å². The second kappa shape index (κ2) is 7.40. The molecule has 4 heteroatoms. The van der Waals surface area contributed by atoms with Gasteiger partial charge in [-0.1, -0.05) is 32.1 Å². The van der Waals surface area contributed by atoms with Crippen molar-refractivity contribution in [3.8, 4) is 0 Å². The maximum atomic E-state index is 13.5. The molecule has 2 aliphatic rings. The molecule has 2 nitrogen and oxygen atoms in total. The Labute approximate surface area is 123 Å². The van der Waals surface area contributed by atoms with Crippen molar-refractivity contribution in [1.82, 2.24) is 4.90 Å². The van der Waals surface area contributed by atoms with Crippen molar-refractivity contribution >= 4 is 0 Å². The van der Waals surface area contributed by atoms with Gasteiger partial charge in [0, 0.05) is 45.3 Å². The van der Waals surface area contributed by atoms with Crippen LogP contribution < -0.4 is 0 Å². The maximum absolute atomic E-state index is 13.5. The minimum atomic E-state index is -0.915. The fourth-order valence-corrected chi connectivity index (χ4v) is 2.88. The number of rotatable bonds is 1. The number of nitrogens with one attached hydrogen (secondary N) is 1. The van der Waals surface area contributed by atoms with Crippen molar-refractivity contribution < 1.29 is 37.1 Å². The molecule has 16 heavy (non-hydrogen) atoms. The zero-order valence-electron chi connectivity index (χ0n) is 10.00. The van der Waals surface area contributed by atoms with Gasteiger partial charge in [0.2, 0.25) is 0 Å². The molecule has 2 rings (SSSR count). The minimum Gasteiger partial charge on any atom is -0.672 e. The van der Waals surface area contributed by atoms with Crippen molar-refractivity contribution in [2.24, 2.45) is 0 Å². The molecule has 0 aromatic heterocycles. The van der Waals surface area contributed by atoms with E-state index in [1.165, 1.54) is 38.5 Å². The van der Waals surface area contributed by atoms with Crippen LogP contribution in [-0.4, -0.2) is 36.2 Å². The summed E-state index contributed by atoms with van der Waals surface area (Å²) >= 11 is 0. The van der Waals surface area contributed by atoms with E-state index >= 15 is 0 Å². The van der Waals surface area contributed by atoms with Crippen LogP contribution in [0.15, 0.2) is 0 Å². The van der Waals surface area contributed by atoms with Crippen molar-refractivity contribution in [3.63, 3.8) is 0 Å². The van der Waals surface area contributed by atoms with E-state index in [0.29, 0.717) is 12.6 Å². The number of likely N-dealkylation sites (tertiary alicyclic amines) is 1. The summed E-state index contributed by atoms with van der Waals surface area (Å²) in [6.45, 7) is 1.46. The van der Waals surface area contributed by atoms with E-state index in [2.05, 4.69) is 4.90 Å². The Morgan fingerprint density at radius 2 is 1.62 bits per heavy atom. The van der Waals surface area contributed by atoms with E-state index in [9.17, 15) is 4.39 Å². The molecule has 1 saturated carbocycles. The predicted molar refractivity (Wildman–Crippen MR) is 60.7 cm³/mol. The number of hydrogen-bond acceptors (Lipinski definition) is 1. The van der Waals surface area contributed by atoms with Gasteiger partial charge in [-0.2, -0.15) is 0 Å². The molecule has 0 bridgehead atoms. The van der Waals surface area contributed by atoms with E-state index in [1.807, 2.05) is 0 Å². The Hall–Kier alpha value is 0.954. The number of hydrogen-bond donors (Lipinski definition) is 0. The van der Waals surface area contributed by atoms with Crippen LogP contribution in [0.4, 0.5) is 4.39 Å². The van der Waals surface area contributed by atoms with Crippen LogP contribution in [-0.2, 0) is 32.7 Å². The largest absolute Gasteiger partial charge is 0.672 e. The molecular weight excluding hydrogens is 280 g/mol. The molecule has 1 heterocycles. The van der Waals surface area contributed by atoms with Crippen molar-refractivity contribution in [2.45, 2.75) is 63.2 Å². The van der Waals surface area contributed by atoms with E-state index in [4.69, 9.17) is 5.73 Å². The monoisotopic (exact) mass is 302 g/mol. The third kappa shape index (κ3) is 4.01. The van der Waals surface area contributed by atoms with Crippen LogP contribution in [0.5, 0.6) is 0 Å². The molecule has 91 valence electrons. The Balaban J connectivity index is 0.00000128. The van der Waals surface area contributed by atoms with Crippen molar-refractivity contribution in [1.29, 1.82) is 0 Å². The van der Waals surface area contributed by atoms with Gasteiger partial charge >= 0.3 is 0 Å². The number of piperidine rings is 1.